The quantitative estimate of drug-likeness (QED) is 0.664. The molecule has 2 aromatic rings. The second-order valence-corrected chi connectivity index (χ2v) is 5.40. The smallest absolute Gasteiger partial charge is 0.0117 e. The maximum Gasteiger partial charge on any atom is -0.0117 e. The van der Waals surface area contributed by atoms with Gasteiger partial charge in [-0.15, -0.1) is 0 Å². The average Bonchev–Trinajstić information content (AvgIpc) is 2.46. The second kappa shape index (κ2) is 6.06. The molecule has 0 heterocycles. The number of aryl methyl sites for hydroxylation is 2. The van der Waals surface area contributed by atoms with E-state index in [2.05, 4.69) is 70.2 Å². The van der Waals surface area contributed by atoms with Gasteiger partial charge in [0.05, 0.1) is 0 Å². The normalized spacial score (nSPS) is 11.0. The third-order valence-corrected chi connectivity index (χ3v) is 3.85. The van der Waals surface area contributed by atoms with Gasteiger partial charge in [0.15, 0.2) is 0 Å². The van der Waals surface area contributed by atoms with Crippen molar-refractivity contribution in [3.63, 3.8) is 0 Å². The van der Waals surface area contributed by atoms with Crippen LogP contribution in [0.25, 0.3) is 11.1 Å². The van der Waals surface area contributed by atoms with Gasteiger partial charge in [0.1, 0.15) is 0 Å². The average molecular weight is 252 g/mol. The van der Waals surface area contributed by atoms with E-state index < -0.39 is 0 Å². The summed E-state index contributed by atoms with van der Waals surface area (Å²) in [5, 5.41) is 0. The van der Waals surface area contributed by atoms with E-state index in [0.717, 1.165) is 12.8 Å². The third kappa shape index (κ3) is 2.73. The molecule has 19 heavy (non-hydrogen) atoms. The van der Waals surface area contributed by atoms with Crippen LogP contribution in [0, 0.1) is 0 Å². The van der Waals surface area contributed by atoms with Crippen LogP contribution < -0.4 is 0 Å². The van der Waals surface area contributed by atoms with Crippen LogP contribution in [0.5, 0.6) is 0 Å². The van der Waals surface area contributed by atoms with Gasteiger partial charge < -0.3 is 0 Å². The Morgan fingerprint density at radius 3 is 1.89 bits per heavy atom. The van der Waals surface area contributed by atoms with Gasteiger partial charge in [-0.3, -0.25) is 0 Å². The minimum atomic E-state index is 0.561. The van der Waals surface area contributed by atoms with Crippen molar-refractivity contribution < 1.29 is 0 Å². The molecule has 0 amide bonds. The van der Waals surface area contributed by atoms with Gasteiger partial charge in [-0.2, -0.15) is 0 Å². The molecular formula is C19H24. The van der Waals surface area contributed by atoms with E-state index in [-0.39, 0.29) is 0 Å². The SMILES string of the molecule is CCc1cccc(CC)c1-c1ccccc1C(C)C. The highest BCUT2D eigenvalue weighted by Crippen LogP contribution is 2.34. The number of hydrogen-bond acceptors (Lipinski definition) is 0. The molecule has 0 atom stereocenters. The summed E-state index contributed by atoms with van der Waals surface area (Å²) in [4.78, 5) is 0. The van der Waals surface area contributed by atoms with Crippen LogP contribution in [0.15, 0.2) is 42.5 Å². The van der Waals surface area contributed by atoms with Crippen molar-refractivity contribution in [1.29, 1.82) is 0 Å². The van der Waals surface area contributed by atoms with Crippen LogP contribution in [0.4, 0.5) is 0 Å². The van der Waals surface area contributed by atoms with Crippen LogP contribution in [0.1, 0.15) is 50.3 Å². The van der Waals surface area contributed by atoms with Crippen molar-refractivity contribution in [2.45, 2.75) is 46.5 Å². The predicted molar refractivity (Wildman–Crippen MR) is 84.7 cm³/mol. The van der Waals surface area contributed by atoms with Gasteiger partial charge in [-0.1, -0.05) is 70.2 Å². The molecule has 100 valence electrons. The van der Waals surface area contributed by atoms with Crippen molar-refractivity contribution in [3.05, 3.63) is 59.2 Å². The lowest BCUT2D eigenvalue weighted by molar-refractivity contribution is 0.868. The third-order valence-electron chi connectivity index (χ3n) is 3.85. The first kappa shape index (κ1) is 13.9. The zero-order valence-electron chi connectivity index (χ0n) is 12.5. The largest absolute Gasteiger partial charge is 0.0619 e. The van der Waals surface area contributed by atoms with Crippen LogP contribution in [-0.4, -0.2) is 0 Å². The maximum atomic E-state index is 2.28. The Labute approximate surface area is 117 Å². The van der Waals surface area contributed by atoms with Gasteiger partial charge in [-0.25, -0.2) is 0 Å². The summed E-state index contributed by atoms with van der Waals surface area (Å²) < 4.78 is 0. The lowest BCUT2D eigenvalue weighted by Crippen LogP contribution is -1.99. The van der Waals surface area contributed by atoms with Crippen LogP contribution in [0.2, 0.25) is 0 Å². The molecule has 0 bridgehead atoms. The summed E-state index contributed by atoms with van der Waals surface area (Å²) in [6, 6.07) is 15.6. The van der Waals surface area contributed by atoms with E-state index in [1.165, 1.54) is 27.8 Å². The molecule has 0 N–H and O–H groups in total. The van der Waals surface area contributed by atoms with Gasteiger partial charge in [0, 0.05) is 0 Å². The first-order valence-electron chi connectivity index (χ1n) is 7.39. The summed E-state index contributed by atoms with van der Waals surface area (Å²) in [5.74, 6) is 0.561. The minimum Gasteiger partial charge on any atom is -0.0619 e. The van der Waals surface area contributed by atoms with E-state index >= 15 is 0 Å². The summed E-state index contributed by atoms with van der Waals surface area (Å²) in [5.41, 5.74) is 7.28. The first-order chi connectivity index (χ1) is 9.19. The van der Waals surface area contributed by atoms with Crippen molar-refractivity contribution in [2.24, 2.45) is 0 Å². The molecule has 0 spiro atoms. The Bertz CT molecular complexity index is 527. The zero-order valence-corrected chi connectivity index (χ0v) is 12.5. The number of benzene rings is 2. The van der Waals surface area contributed by atoms with E-state index in [4.69, 9.17) is 0 Å². The highest BCUT2D eigenvalue weighted by atomic mass is 14.2. The molecule has 0 aromatic heterocycles. The number of hydrogen-bond donors (Lipinski definition) is 0. The van der Waals surface area contributed by atoms with Crippen molar-refractivity contribution in [1.82, 2.24) is 0 Å². The highest BCUT2D eigenvalue weighted by Gasteiger charge is 2.13. The number of rotatable bonds is 4. The molecule has 0 unspecified atom stereocenters. The topological polar surface area (TPSA) is 0 Å². The van der Waals surface area contributed by atoms with E-state index in [1.54, 1.807) is 0 Å². The Kier molecular flexibility index (Phi) is 4.42. The molecule has 0 aliphatic heterocycles. The molecule has 0 aliphatic rings. The first-order valence-corrected chi connectivity index (χ1v) is 7.39. The molecule has 0 nitrogen and oxygen atoms in total. The summed E-state index contributed by atoms with van der Waals surface area (Å²) >= 11 is 0. The van der Waals surface area contributed by atoms with Gasteiger partial charge in [0.2, 0.25) is 0 Å². The van der Waals surface area contributed by atoms with Gasteiger partial charge in [-0.05, 0) is 46.6 Å². The molecule has 0 radical (unpaired) electrons. The fraction of sp³-hybridized carbons (Fsp3) is 0.368. The lowest BCUT2D eigenvalue weighted by Gasteiger charge is -2.18. The highest BCUT2D eigenvalue weighted by molar-refractivity contribution is 5.74. The van der Waals surface area contributed by atoms with E-state index in [1.807, 2.05) is 0 Å². The summed E-state index contributed by atoms with van der Waals surface area (Å²) in [6.07, 6.45) is 2.19. The molecule has 0 saturated heterocycles. The lowest BCUT2D eigenvalue weighted by atomic mass is 9.86. The van der Waals surface area contributed by atoms with Crippen molar-refractivity contribution >= 4 is 0 Å². The molecule has 2 aromatic carbocycles. The molecular weight excluding hydrogens is 228 g/mol. The standard InChI is InChI=1S/C19H24/c1-5-15-10-9-11-16(6-2)19(15)18-13-8-7-12-17(18)14(3)4/h7-14H,5-6H2,1-4H3. The fourth-order valence-electron chi connectivity index (χ4n) is 2.82. The van der Waals surface area contributed by atoms with Crippen molar-refractivity contribution in [2.75, 3.05) is 0 Å². The van der Waals surface area contributed by atoms with Gasteiger partial charge in [0.25, 0.3) is 0 Å². The molecule has 0 saturated carbocycles. The van der Waals surface area contributed by atoms with E-state index in [9.17, 15) is 0 Å². The van der Waals surface area contributed by atoms with E-state index in [0.29, 0.717) is 5.92 Å². The summed E-state index contributed by atoms with van der Waals surface area (Å²) in [7, 11) is 0. The maximum absolute atomic E-state index is 2.28. The predicted octanol–water partition coefficient (Wildman–Crippen LogP) is 5.60. The Hall–Kier alpha value is -1.56. The van der Waals surface area contributed by atoms with Crippen LogP contribution in [-0.2, 0) is 12.8 Å². The Balaban J connectivity index is 2.71. The fourth-order valence-corrected chi connectivity index (χ4v) is 2.82. The van der Waals surface area contributed by atoms with Crippen LogP contribution >= 0.6 is 0 Å². The molecule has 0 heteroatoms. The Morgan fingerprint density at radius 1 is 0.789 bits per heavy atom. The van der Waals surface area contributed by atoms with Gasteiger partial charge >= 0.3 is 0 Å². The second-order valence-electron chi connectivity index (χ2n) is 5.40. The zero-order chi connectivity index (χ0) is 13.8. The minimum absolute atomic E-state index is 0.561. The molecule has 2 rings (SSSR count). The molecule has 0 aliphatic carbocycles. The molecule has 0 fully saturated rings. The van der Waals surface area contributed by atoms with Crippen molar-refractivity contribution in [3.8, 4) is 11.1 Å². The van der Waals surface area contributed by atoms with Crippen LogP contribution in [0.3, 0.4) is 0 Å². The Morgan fingerprint density at radius 2 is 1.37 bits per heavy atom. The monoisotopic (exact) mass is 252 g/mol. The summed E-state index contributed by atoms with van der Waals surface area (Å²) in [6.45, 7) is 9.05.